The Labute approximate surface area is 130 Å². The van der Waals surface area contributed by atoms with Crippen molar-refractivity contribution >= 4 is 56.8 Å². The second-order valence-electron chi connectivity index (χ2n) is 3.52. The molecule has 6 heteroatoms. The van der Waals surface area contributed by atoms with E-state index in [2.05, 4.69) is 49.2 Å². The predicted molar refractivity (Wildman–Crippen MR) is 85.0 cm³/mol. The van der Waals surface area contributed by atoms with Gasteiger partial charge in [-0.05, 0) is 54.8 Å². The van der Waals surface area contributed by atoms with E-state index in [-0.39, 0.29) is 24.4 Å². The van der Waals surface area contributed by atoms with Crippen LogP contribution in [0.2, 0.25) is 0 Å². The van der Waals surface area contributed by atoms with Gasteiger partial charge < -0.3 is 10.6 Å². The third kappa shape index (κ3) is 5.54. The Hall–Kier alpha value is 0.150. The van der Waals surface area contributed by atoms with Crippen LogP contribution in [0.25, 0.3) is 0 Å². The maximum absolute atomic E-state index is 11.8. The molecule has 2 N–H and O–H groups in total. The number of hydrogen-bond acceptors (Lipinski definition) is 2. The molecule has 0 fully saturated rings. The third-order valence-corrected chi connectivity index (χ3v) is 3.62. The lowest BCUT2D eigenvalue weighted by Crippen LogP contribution is -2.37. The minimum absolute atomic E-state index is 0. The number of benzene rings is 1. The Balaban J connectivity index is 0.00000256. The third-order valence-electron chi connectivity index (χ3n) is 2.24. The molecular formula is C11H15BrClIN2O. The number of amides is 1. The van der Waals surface area contributed by atoms with Crippen LogP contribution in [0.5, 0.6) is 0 Å². The highest BCUT2D eigenvalue weighted by Gasteiger charge is 2.10. The van der Waals surface area contributed by atoms with Crippen LogP contribution in [-0.2, 0) is 0 Å². The van der Waals surface area contributed by atoms with Gasteiger partial charge in [-0.1, -0.05) is 15.9 Å². The summed E-state index contributed by atoms with van der Waals surface area (Å²) in [6.45, 7) is 2.65. The first-order valence-corrected chi connectivity index (χ1v) is 6.82. The van der Waals surface area contributed by atoms with Crippen molar-refractivity contribution in [2.24, 2.45) is 0 Å². The molecule has 0 aromatic heterocycles. The maximum Gasteiger partial charge on any atom is 0.252 e. The molecule has 0 aliphatic rings. The molecule has 1 amide bonds. The first-order valence-electron chi connectivity index (χ1n) is 4.95. The van der Waals surface area contributed by atoms with E-state index < -0.39 is 0 Å². The lowest BCUT2D eigenvalue weighted by molar-refractivity contribution is 0.0949. The van der Waals surface area contributed by atoms with Crippen LogP contribution in [-0.4, -0.2) is 25.5 Å². The summed E-state index contributed by atoms with van der Waals surface area (Å²) in [5.41, 5.74) is 0.715. The van der Waals surface area contributed by atoms with E-state index in [1.165, 1.54) is 0 Å². The van der Waals surface area contributed by atoms with Gasteiger partial charge >= 0.3 is 0 Å². The summed E-state index contributed by atoms with van der Waals surface area (Å²) in [6.07, 6.45) is 0. The van der Waals surface area contributed by atoms with E-state index in [1.807, 2.05) is 32.2 Å². The molecule has 0 heterocycles. The van der Waals surface area contributed by atoms with Gasteiger partial charge in [0.2, 0.25) is 0 Å². The number of rotatable bonds is 4. The zero-order chi connectivity index (χ0) is 12.1. The van der Waals surface area contributed by atoms with Crippen LogP contribution >= 0.6 is 50.9 Å². The van der Waals surface area contributed by atoms with Crippen molar-refractivity contribution in [2.45, 2.75) is 13.0 Å². The fourth-order valence-electron chi connectivity index (χ4n) is 1.12. The van der Waals surface area contributed by atoms with Crippen molar-refractivity contribution in [3.05, 3.63) is 31.8 Å². The van der Waals surface area contributed by atoms with E-state index in [1.54, 1.807) is 0 Å². The highest BCUT2D eigenvalue weighted by Crippen LogP contribution is 2.18. The molecule has 0 saturated carbocycles. The first-order chi connectivity index (χ1) is 7.54. The Morgan fingerprint density at radius 1 is 1.53 bits per heavy atom. The highest BCUT2D eigenvalue weighted by atomic mass is 127. The smallest absolute Gasteiger partial charge is 0.252 e. The SMILES string of the molecule is CNC(C)CNC(=O)c1ccc(Br)cc1I.Cl. The second-order valence-corrected chi connectivity index (χ2v) is 5.60. The summed E-state index contributed by atoms with van der Waals surface area (Å²) < 4.78 is 1.93. The van der Waals surface area contributed by atoms with Crippen molar-refractivity contribution in [2.75, 3.05) is 13.6 Å². The molecule has 1 atom stereocenters. The summed E-state index contributed by atoms with van der Waals surface area (Å²) in [5.74, 6) is -0.0287. The van der Waals surface area contributed by atoms with E-state index in [9.17, 15) is 4.79 Å². The van der Waals surface area contributed by atoms with Gasteiger partial charge in [-0.15, -0.1) is 12.4 Å². The van der Waals surface area contributed by atoms with Gasteiger partial charge in [0.15, 0.2) is 0 Å². The molecule has 1 aromatic rings. The number of carbonyl (C=O) groups is 1. The summed E-state index contributed by atoms with van der Waals surface area (Å²) in [4.78, 5) is 11.8. The second kappa shape index (κ2) is 8.29. The molecule has 1 unspecified atom stereocenters. The van der Waals surface area contributed by atoms with Crippen LogP contribution in [0, 0.1) is 3.57 Å². The standard InChI is InChI=1S/C11H14BrIN2O.ClH/c1-7(14-2)6-15-11(16)9-4-3-8(12)5-10(9)13;/h3-5,7,14H,6H2,1-2H3,(H,15,16);1H. The summed E-state index contributed by atoms with van der Waals surface area (Å²) in [6, 6.07) is 5.90. The molecule has 1 rings (SSSR count). The van der Waals surface area contributed by atoms with Crippen molar-refractivity contribution in [3.63, 3.8) is 0 Å². The Kier molecular flexibility index (Phi) is 8.36. The van der Waals surface area contributed by atoms with Crippen LogP contribution in [0.15, 0.2) is 22.7 Å². The Morgan fingerprint density at radius 3 is 2.71 bits per heavy atom. The van der Waals surface area contributed by atoms with Gasteiger partial charge in [-0.25, -0.2) is 0 Å². The maximum atomic E-state index is 11.8. The molecule has 0 aliphatic carbocycles. The van der Waals surface area contributed by atoms with E-state index in [4.69, 9.17) is 0 Å². The summed E-state index contributed by atoms with van der Waals surface area (Å²) >= 11 is 5.53. The molecular weight excluding hydrogens is 418 g/mol. The normalized spacial score (nSPS) is 11.5. The number of nitrogens with one attached hydrogen (secondary N) is 2. The fraction of sp³-hybridized carbons (Fsp3) is 0.364. The molecule has 17 heavy (non-hydrogen) atoms. The fourth-order valence-corrected chi connectivity index (χ4v) is 2.67. The highest BCUT2D eigenvalue weighted by molar-refractivity contribution is 14.1. The van der Waals surface area contributed by atoms with E-state index in [0.29, 0.717) is 12.1 Å². The van der Waals surface area contributed by atoms with E-state index >= 15 is 0 Å². The van der Waals surface area contributed by atoms with Crippen LogP contribution in [0.3, 0.4) is 0 Å². The number of halogens is 3. The van der Waals surface area contributed by atoms with Crippen LogP contribution < -0.4 is 10.6 Å². The summed E-state index contributed by atoms with van der Waals surface area (Å²) in [7, 11) is 1.88. The average molecular weight is 434 g/mol. The van der Waals surface area contributed by atoms with Gasteiger partial charge in [0.1, 0.15) is 0 Å². The number of hydrogen-bond donors (Lipinski definition) is 2. The molecule has 0 saturated heterocycles. The number of carbonyl (C=O) groups excluding carboxylic acids is 1. The predicted octanol–water partition coefficient (Wildman–Crippen LogP) is 2.81. The van der Waals surface area contributed by atoms with Gasteiger partial charge in [0.25, 0.3) is 5.91 Å². The van der Waals surface area contributed by atoms with Gasteiger partial charge in [0.05, 0.1) is 5.56 Å². The van der Waals surface area contributed by atoms with Gasteiger partial charge in [0, 0.05) is 20.6 Å². The average Bonchev–Trinajstić information content (AvgIpc) is 2.25. The lowest BCUT2D eigenvalue weighted by Gasteiger charge is -2.12. The van der Waals surface area contributed by atoms with Crippen molar-refractivity contribution < 1.29 is 4.79 Å². The topological polar surface area (TPSA) is 41.1 Å². The van der Waals surface area contributed by atoms with E-state index in [0.717, 1.165) is 8.04 Å². The molecule has 0 spiro atoms. The zero-order valence-corrected chi connectivity index (χ0v) is 14.1. The van der Waals surface area contributed by atoms with Crippen LogP contribution in [0.1, 0.15) is 17.3 Å². The summed E-state index contributed by atoms with van der Waals surface area (Å²) in [5, 5.41) is 5.96. The molecule has 1 aromatic carbocycles. The van der Waals surface area contributed by atoms with Crippen molar-refractivity contribution in [1.29, 1.82) is 0 Å². The largest absolute Gasteiger partial charge is 0.350 e. The Bertz CT molecular complexity index is 390. The van der Waals surface area contributed by atoms with Gasteiger partial charge in [-0.3, -0.25) is 4.79 Å². The van der Waals surface area contributed by atoms with Crippen LogP contribution in [0.4, 0.5) is 0 Å². The molecule has 3 nitrogen and oxygen atoms in total. The molecule has 0 aliphatic heterocycles. The first kappa shape index (κ1) is 17.2. The minimum Gasteiger partial charge on any atom is -0.350 e. The zero-order valence-electron chi connectivity index (χ0n) is 9.59. The molecule has 0 bridgehead atoms. The molecule has 96 valence electrons. The van der Waals surface area contributed by atoms with Crippen molar-refractivity contribution in [1.82, 2.24) is 10.6 Å². The number of likely N-dealkylation sites (N-methyl/N-ethyl adjacent to an activating group) is 1. The monoisotopic (exact) mass is 432 g/mol. The molecule has 0 radical (unpaired) electrons. The lowest BCUT2D eigenvalue weighted by atomic mass is 10.2. The minimum atomic E-state index is -0.0287. The van der Waals surface area contributed by atoms with Gasteiger partial charge in [-0.2, -0.15) is 0 Å². The van der Waals surface area contributed by atoms with Crippen molar-refractivity contribution in [3.8, 4) is 0 Å². The quantitative estimate of drug-likeness (QED) is 0.717. The Morgan fingerprint density at radius 2 is 2.18 bits per heavy atom.